The summed E-state index contributed by atoms with van der Waals surface area (Å²) >= 11 is 5.27. The van der Waals surface area contributed by atoms with Gasteiger partial charge >= 0.3 is 0 Å². The van der Waals surface area contributed by atoms with Crippen molar-refractivity contribution in [3.8, 4) is 0 Å². The predicted molar refractivity (Wildman–Crippen MR) is 123 cm³/mol. The van der Waals surface area contributed by atoms with Crippen LogP contribution in [0.15, 0.2) is 79.5 Å². The summed E-state index contributed by atoms with van der Waals surface area (Å²) in [4.78, 5) is 4.47. The number of nitrogens with zero attached hydrogens (tertiary/aromatic N) is 2. The number of hydrogen-bond donors (Lipinski definition) is 1. The summed E-state index contributed by atoms with van der Waals surface area (Å²) < 4.78 is 0. The fourth-order valence-electron chi connectivity index (χ4n) is 3.03. The van der Waals surface area contributed by atoms with E-state index >= 15 is 0 Å². The molecule has 28 heavy (non-hydrogen) atoms. The highest BCUT2D eigenvalue weighted by molar-refractivity contribution is 7.79. The Morgan fingerprint density at radius 1 is 1.07 bits per heavy atom. The molecule has 4 heteroatoms. The van der Waals surface area contributed by atoms with Crippen LogP contribution in [0.4, 0.5) is 5.69 Å². The number of hydrazine groups is 1. The minimum Gasteiger partial charge on any atom is -0.279 e. The molecule has 0 saturated carbocycles. The minimum absolute atomic E-state index is 0.834. The standard InChI is InChI=1S/C24H23N3S/c1-4-23(19-8-6-5-7-9-19)27(25)24-13-11-20(14-21(24)16-28)18(3)22-12-10-17(2)15-26-22/h4-16H,3,25H2,1-2H3/b23-4-. The first kappa shape index (κ1) is 19.7. The number of aromatic nitrogens is 1. The maximum absolute atomic E-state index is 6.48. The monoisotopic (exact) mass is 385 g/mol. The van der Waals surface area contributed by atoms with Crippen LogP contribution >= 0.6 is 12.2 Å². The molecule has 3 nitrogen and oxygen atoms in total. The number of aryl methyl sites for hydroxylation is 1. The zero-order valence-corrected chi connectivity index (χ0v) is 16.9. The van der Waals surface area contributed by atoms with E-state index in [2.05, 4.69) is 11.6 Å². The molecular formula is C24H23N3S. The van der Waals surface area contributed by atoms with E-state index in [0.29, 0.717) is 0 Å². The lowest BCUT2D eigenvalue weighted by atomic mass is 10.00. The van der Waals surface area contributed by atoms with E-state index in [1.165, 1.54) is 0 Å². The van der Waals surface area contributed by atoms with Crippen LogP contribution in [0.3, 0.4) is 0 Å². The van der Waals surface area contributed by atoms with Gasteiger partial charge in [0.05, 0.1) is 17.1 Å². The Morgan fingerprint density at radius 2 is 1.82 bits per heavy atom. The van der Waals surface area contributed by atoms with Gasteiger partial charge in [-0.2, -0.15) is 0 Å². The van der Waals surface area contributed by atoms with Crippen LogP contribution in [-0.2, 0) is 0 Å². The topological polar surface area (TPSA) is 42.1 Å². The smallest absolute Gasteiger partial charge is 0.0702 e. The van der Waals surface area contributed by atoms with Gasteiger partial charge in [-0.1, -0.05) is 67.3 Å². The highest BCUT2D eigenvalue weighted by atomic mass is 32.1. The number of allylic oxidation sites excluding steroid dienone is 1. The average molecular weight is 386 g/mol. The van der Waals surface area contributed by atoms with E-state index in [1.807, 2.05) is 86.8 Å². The SMILES string of the molecule is C=C(c1ccc(N(N)/C(=C\C)c2ccccc2)c(C=S)c1)c1ccc(C)cn1. The van der Waals surface area contributed by atoms with Crippen LogP contribution in [0.2, 0.25) is 0 Å². The molecule has 0 spiro atoms. The first-order valence-corrected chi connectivity index (χ1v) is 9.50. The number of nitrogens with two attached hydrogens (primary N) is 1. The van der Waals surface area contributed by atoms with Crippen molar-refractivity contribution in [1.82, 2.24) is 4.98 Å². The number of anilines is 1. The fraction of sp³-hybridized carbons (Fsp3) is 0.0833. The summed E-state index contributed by atoms with van der Waals surface area (Å²) in [5.74, 6) is 6.48. The molecular weight excluding hydrogens is 362 g/mol. The third kappa shape index (κ3) is 4.09. The van der Waals surface area contributed by atoms with E-state index in [9.17, 15) is 0 Å². The van der Waals surface area contributed by atoms with Crippen LogP contribution in [0, 0.1) is 6.92 Å². The molecule has 140 valence electrons. The van der Waals surface area contributed by atoms with Crippen LogP contribution in [-0.4, -0.2) is 10.4 Å². The van der Waals surface area contributed by atoms with Crippen LogP contribution < -0.4 is 10.9 Å². The third-order valence-corrected chi connectivity index (χ3v) is 4.84. The van der Waals surface area contributed by atoms with Crippen molar-refractivity contribution in [2.24, 2.45) is 5.84 Å². The predicted octanol–water partition coefficient (Wildman–Crippen LogP) is 5.54. The van der Waals surface area contributed by atoms with Crippen LogP contribution in [0.25, 0.3) is 11.3 Å². The second-order valence-electron chi connectivity index (χ2n) is 6.50. The van der Waals surface area contributed by atoms with Crippen molar-refractivity contribution in [2.75, 3.05) is 5.01 Å². The molecule has 0 unspecified atom stereocenters. The number of rotatable bonds is 6. The van der Waals surface area contributed by atoms with E-state index in [-0.39, 0.29) is 0 Å². The second-order valence-corrected chi connectivity index (χ2v) is 6.74. The van der Waals surface area contributed by atoms with E-state index < -0.39 is 0 Å². The van der Waals surface area contributed by atoms with Gasteiger partial charge in [-0.15, -0.1) is 0 Å². The number of thiocarbonyl (C=S) groups is 1. The van der Waals surface area contributed by atoms with Gasteiger partial charge in [0.15, 0.2) is 0 Å². The van der Waals surface area contributed by atoms with Gasteiger partial charge in [-0.05, 0) is 48.7 Å². The zero-order valence-electron chi connectivity index (χ0n) is 16.1. The first-order chi connectivity index (χ1) is 13.5. The zero-order chi connectivity index (χ0) is 20.1. The van der Waals surface area contributed by atoms with Crippen molar-refractivity contribution in [3.05, 3.63) is 107 Å². The molecule has 0 aliphatic heterocycles. The summed E-state index contributed by atoms with van der Waals surface area (Å²) in [6.45, 7) is 8.19. The molecule has 1 heterocycles. The largest absolute Gasteiger partial charge is 0.279 e. The van der Waals surface area contributed by atoms with Crippen molar-refractivity contribution < 1.29 is 0 Å². The van der Waals surface area contributed by atoms with Gasteiger partial charge in [-0.3, -0.25) is 9.99 Å². The molecule has 3 aromatic rings. The normalized spacial score (nSPS) is 11.2. The maximum Gasteiger partial charge on any atom is 0.0702 e. The van der Waals surface area contributed by atoms with Crippen molar-refractivity contribution in [1.29, 1.82) is 0 Å². The molecule has 1 aromatic heterocycles. The fourth-order valence-corrected chi connectivity index (χ4v) is 3.22. The minimum atomic E-state index is 0.834. The number of hydrogen-bond acceptors (Lipinski definition) is 4. The summed E-state index contributed by atoms with van der Waals surface area (Å²) in [5, 5.41) is 3.32. The van der Waals surface area contributed by atoms with E-state index in [0.717, 1.165) is 44.9 Å². The average Bonchev–Trinajstić information content (AvgIpc) is 2.74. The second kappa shape index (κ2) is 8.74. The number of benzene rings is 2. The quantitative estimate of drug-likeness (QED) is 0.344. The molecule has 0 aliphatic rings. The van der Waals surface area contributed by atoms with Crippen molar-refractivity contribution >= 4 is 34.5 Å². The lowest BCUT2D eigenvalue weighted by molar-refractivity contribution is 1.09. The molecule has 0 atom stereocenters. The van der Waals surface area contributed by atoms with Crippen LogP contribution in [0.5, 0.6) is 0 Å². The summed E-state index contributed by atoms with van der Waals surface area (Å²) in [6.07, 6.45) is 3.83. The first-order valence-electron chi connectivity index (χ1n) is 9.03. The van der Waals surface area contributed by atoms with Gasteiger partial charge in [0.25, 0.3) is 0 Å². The molecule has 0 amide bonds. The van der Waals surface area contributed by atoms with E-state index in [1.54, 1.807) is 10.4 Å². The maximum atomic E-state index is 6.48. The summed E-state index contributed by atoms with van der Waals surface area (Å²) in [6, 6.07) is 20.0. The molecule has 0 saturated heterocycles. The Labute approximate surface area is 171 Å². The Balaban J connectivity index is 1.96. The van der Waals surface area contributed by atoms with Gasteiger partial charge in [0.1, 0.15) is 0 Å². The molecule has 0 radical (unpaired) electrons. The van der Waals surface area contributed by atoms with Gasteiger partial charge < -0.3 is 0 Å². The molecule has 0 fully saturated rings. The lowest BCUT2D eigenvalue weighted by Crippen LogP contribution is -2.30. The Bertz CT molecular complexity index is 1020. The Morgan fingerprint density at radius 3 is 2.43 bits per heavy atom. The highest BCUT2D eigenvalue weighted by Crippen LogP contribution is 2.29. The van der Waals surface area contributed by atoms with Crippen molar-refractivity contribution in [3.63, 3.8) is 0 Å². The Hall–Kier alpha value is -3.08. The van der Waals surface area contributed by atoms with Crippen molar-refractivity contribution in [2.45, 2.75) is 13.8 Å². The molecule has 0 aliphatic carbocycles. The van der Waals surface area contributed by atoms with Gasteiger partial charge in [0, 0.05) is 22.7 Å². The lowest BCUT2D eigenvalue weighted by Gasteiger charge is -2.24. The molecule has 0 bridgehead atoms. The molecule has 3 rings (SSSR count). The highest BCUT2D eigenvalue weighted by Gasteiger charge is 2.14. The van der Waals surface area contributed by atoms with Gasteiger partial charge in [-0.25, -0.2) is 5.84 Å². The number of pyridine rings is 1. The molecule has 2 N–H and O–H groups in total. The summed E-state index contributed by atoms with van der Waals surface area (Å²) in [5.41, 5.74) is 7.42. The third-order valence-electron chi connectivity index (χ3n) is 4.59. The van der Waals surface area contributed by atoms with E-state index in [4.69, 9.17) is 18.1 Å². The van der Waals surface area contributed by atoms with Gasteiger partial charge in [0.2, 0.25) is 0 Å². The molecule has 2 aromatic carbocycles. The Kier molecular flexibility index (Phi) is 6.14. The van der Waals surface area contributed by atoms with Crippen LogP contribution in [0.1, 0.15) is 34.9 Å². The summed E-state index contributed by atoms with van der Waals surface area (Å²) in [7, 11) is 0.